The minimum absolute atomic E-state index is 0.0706. The van der Waals surface area contributed by atoms with Gasteiger partial charge in [0.2, 0.25) is 0 Å². The van der Waals surface area contributed by atoms with Crippen molar-refractivity contribution in [3.8, 4) is 0 Å². The van der Waals surface area contributed by atoms with E-state index in [1.165, 1.54) is 15.7 Å². The molecule has 8 heteroatoms. The number of hydrogen-bond donors (Lipinski definition) is 0. The molecular formula is C12H24N2O5S. The lowest BCUT2D eigenvalue weighted by Crippen LogP contribution is -2.50. The Morgan fingerprint density at radius 3 is 2.80 bits per heavy atom. The number of unbranched alkanes of at least 4 members (excludes halogenated alkanes) is 1. The van der Waals surface area contributed by atoms with Gasteiger partial charge < -0.3 is 9.47 Å². The molecule has 1 unspecified atom stereocenters. The van der Waals surface area contributed by atoms with Crippen molar-refractivity contribution in [3.05, 3.63) is 0 Å². The van der Waals surface area contributed by atoms with Crippen LogP contribution in [-0.4, -0.2) is 69.5 Å². The number of esters is 1. The monoisotopic (exact) mass is 308 g/mol. The van der Waals surface area contributed by atoms with Crippen LogP contribution in [0, 0.1) is 0 Å². The molecule has 0 aromatic heterocycles. The van der Waals surface area contributed by atoms with Crippen LogP contribution < -0.4 is 0 Å². The topological polar surface area (TPSA) is 76.2 Å². The Morgan fingerprint density at radius 1 is 1.50 bits per heavy atom. The number of rotatable bonds is 7. The maximum atomic E-state index is 12.4. The van der Waals surface area contributed by atoms with Crippen molar-refractivity contribution in [2.24, 2.45) is 0 Å². The number of hydrogen-bond acceptors (Lipinski definition) is 5. The quantitative estimate of drug-likeness (QED) is 0.629. The average molecular weight is 308 g/mol. The summed E-state index contributed by atoms with van der Waals surface area (Å²) in [7, 11) is -0.592. The van der Waals surface area contributed by atoms with E-state index >= 15 is 0 Å². The molecule has 20 heavy (non-hydrogen) atoms. The maximum absolute atomic E-state index is 12.4. The normalized spacial score (nSPS) is 21.1. The van der Waals surface area contributed by atoms with Gasteiger partial charge in [-0.15, -0.1) is 0 Å². The summed E-state index contributed by atoms with van der Waals surface area (Å²) in [6.45, 7) is 3.31. The second-order valence-electron chi connectivity index (χ2n) is 4.81. The zero-order valence-electron chi connectivity index (χ0n) is 12.4. The van der Waals surface area contributed by atoms with Gasteiger partial charge in [-0.3, -0.25) is 4.79 Å². The van der Waals surface area contributed by atoms with Gasteiger partial charge in [-0.2, -0.15) is 17.0 Å². The number of carbonyl (C=O) groups is 1. The van der Waals surface area contributed by atoms with Crippen LogP contribution in [0.4, 0.5) is 0 Å². The highest BCUT2D eigenvalue weighted by Gasteiger charge is 2.33. The predicted octanol–water partition coefficient (Wildman–Crippen LogP) is 0.227. The van der Waals surface area contributed by atoms with Crippen molar-refractivity contribution in [3.63, 3.8) is 0 Å². The van der Waals surface area contributed by atoms with Crippen molar-refractivity contribution in [2.45, 2.75) is 32.3 Å². The van der Waals surface area contributed by atoms with Crippen LogP contribution in [0.15, 0.2) is 0 Å². The van der Waals surface area contributed by atoms with E-state index in [1.54, 1.807) is 7.05 Å². The van der Waals surface area contributed by atoms with Crippen LogP contribution in [-0.2, 0) is 24.5 Å². The smallest absolute Gasteiger partial charge is 0.308 e. The van der Waals surface area contributed by atoms with Gasteiger partial charge in [0, 0.05) is 26.7 Å². The van der Waals surface area contributed by atoms with Gasteiger partial charge in [-0.05, 0) is 6.42 Å². The summed E-state index contributed by atoms with van der Waals surface area (Å²) in [4.78, 5) is 11.2. The van der Waals surface area contributed by atoms with Crippen LogP contribution in [0.25, 0.3) is 0 Å². The Morgan fingerprint density at radius 2 is 2.20 bits per heavy atom. The highest BCUT2D eigenvalue weighted by atomic mass is 32.2. The molecule has 0 aromatic carbocycles. The summed E-state index contributed by atoms with van der Waals surface area (Å²) >= 11 is 0. The van der Waals surface area contributed by atoms with Gasteiger partial charge in [0.1, 0.15) is 0 Å². The highest BCUT2D eigenvalue weighted by Crippen LogP contribution is 2.15. The van der Waals surface area contributed by atoms with E-state index in [-0.39, 0.29) is 13.0 Å². The molecule has 0 radical (unpaired) electrons. The van der Waals surface area contributed by atoms with Gasteiger partial charge >= 0.3 is 5.97 Å². The van der Waals surface area contributed by atoms with Gasteiger partial charge in [0.05, 0.1) is 26.2 Å². The lowest BCUT2D eigenvalue weighted by molar-refractivity contribution is -0.145. The number of morpholine rings is 1. The van der Waals surface area contributed by atoms with Crippen LogP contribution in [0.5, 0.6) is 0 Å². The highest BCUT2D eigenvalue weighted by molar-refractivity contribution is 7.86. The molecule has 0 bridgehead atoms. The molecule has 0 saturated carbocycles. The first-order chi connectivity index (χ1) is 9.41. The lowest BCUT2D eigenvalue weighted by atomic mass is 10.2. The molecule has 1 heterocycles. The van der Waals surface area contributed by atoms with Gasteiger partial charge in [0.25, 0.3) is 10.2 Å². The second-order valence-corrected chi connectivity index (χ2v) is 6.85. The molecule has 0 N–H and O–H groups in total. The molecule has 0 spiro atoms. The predicted molar refractivity (Wildman–Crippen MR) is 74.4 cm³/mol. The second kappa shape index (κ2) is 7.92. The molecule has 1 saturated heterocycles. The SMILES string of the molecule is CCCCN(C)S(=O)(=O)N1CCOC(CC(=O)OC)C1. The Bertz CT molecular complexity index is 412. The average Bonchev–Trinajstić information content (AvgIpc) is 2.44. The van der Waals surface area contributed by atoms with Crippen LogP contribution in [0.2, 0.25) is 0 Å². The molecule has 1 atom stereocenters. The third kappa shape index (κ3) is 4.69. The fourth-order valence-corrected chi connectivity index (χ4v) is 3.40. The molecule has 1 fully saturated rings. The van der Waals surface area contributed by atoms with Gasteiger partial charge in [-0.25, -0.2) is 0 Å². The van der Waals surface area contributed by atoms with E-state index in [0.717, 1.165) is 12.8 Å². The zero-order valence-corrected chi connectivity index (χ0v) is 13.2. The fraction of sp³-hybridized carbons (Fsp3) is 0.917. The summed E-state index contributed by atoms with van der Waals surface area (Å²) in [6, 6.07) is 0. The summed E-state index contributed by atoms with van der Waals surface area (Å²) in [5, 5.41) is 0. The van der Waals surface area contributed by atoms with Crippen LogP contribution in [0.1, 0.15) is 26.2 Å². The molecule has 118 valence electrons. The van der Waals surface area contributed by atoms with E-state index in [0.29, 0.717) is 19.7 Å². The Balaban J connectivity index is 2.63. The minimum atomic E-state index is -3.48. The number of nitrogens with zero attached hydrogens (tertiary/aromatic N) is 2. The van der Waals surface area contributed by atoms with E-state index in [4.69, 9.17) is 4.74 Å². The lowest BCUT2D eigenvalue weighted by Gasteiger charge is -2.34. The molecule has 7 nitrogen and oxygen atoms in total. The third-order valence-electron chi connectivity index (χ3n) is 3.27. The largest absolute Gasteiger partial charge is 0.469 e. The number of methoxy groups -OCH3 is 1. The van der Waals surface area contributed by atoms with Crippen molar-refractivity contribution in [1.82, 2.24) is 8.61 Å². The minimum Gasteiger partial charge on any atom is -0.469 e. The fourth-order valence-electron chi connectivity index (χ4n) is 1.99. The van der Waals surface area contributed by atoms with Crippen LogP contribution >= 0.6 is 0 Å². The summed E-state index contributed by atoms with van der Waals surface area (Å²) in [6.07, 6.45) is 1.39. The number of ether oxygens (including phenoxy) is 2. The standard InChI is InChI=1S/C12H24N2O5S/c1-4-5-6-13(2)20(16,17)14-7-8-19-11(10-14)9-12(15)18-3/h11H,4-10H2,1-3H3. The molecule has 1 rings (SSSR count). The van der Waals surface area contributed by atoms with Crippen LogP contribution in [0.3, 0.4) is 0 Å². The van der Waals surface area contributed by atoms with E-state index in [9.17, 15) is 13.2 Å². The van der Waals surface area contributed by atoms with E-state index < -0.39 is 22.3 Å². The Kier molecular flexibility index (Phi) is 6.87. The van der Waals surface area contributed by atoms with Gasteiger partial charge in [-0.1, -0.05) is 13.3 Å². The first-order valence-electron chi connectivity index (χ1n) is 6.81. The van der Waals surface area contributed by atoms with Crippen molar-refractivity contribution < 1.29 is 22.7 Å². The maximum Gasteiger partial charge on any atom is 0.308 e. The van der Waals surface area contributed by atoms with Gasteiger partial charge in [0.15, 0.2) is 0 Å². The van der Waals surface area contributed by atoms with E-state index in [2.05, 4.69) is 4.74 Å². The molecule has 1 aliphatic heterocycles. The molecular weight excluding hydrogens is 284 g/mol. The summed E-state index contributed by atoms with van der Waals surface area (Å²) < 4.78 is 37.5. The third-order valence-corrected chi connectivity index (χ3v) is 5.22. The van der Waals surface area contributed by atoms with Crippen molar-refractivity contribution in [1.29, 1.82) is 0 Å². The number of carbonyl (C=O) groups excluding carboxylic acids is 1. The Hall–Kier alpha value is -0.700. The molecule has 0 aliphatic carbocycles. The summed E-state index contributed by atoms with van der Waals surface area (Å²) in [5.74, 6) is -0.395. The summed E-state index contributed by atoms with van der Waals surface area (Å²) in [5.41, 5.74) is 0. The molecule has 0 aromatic rings. The molecule has 0 amide bonds. The first-order valence-corrected chi connectivity index (χ1v) is 8.21. The molecule has 1 aliphatic rings. The first kappa shape index (κ1) is 17.4. The van der Waals surface area contributed by atoms with Crippen molar-refractivity contribution in [2.75, 3.05) is 40.4 Å². The zero-order chi connectivity index (χ0) is 15.2. The van der Waals surface area contributed by atoms with E-state index in [1.807, 2.05) is 6.92 Å². The van der Waals surface area contributed by atoms with Crippen molar-refractivity contribution >= 4 is 16.2 Å². The Labute approximate surface area is 121 Å².